The number of aryl methyl sites for hydroxylation is 2. The SMILES string of the molecule is CCc1nc(C)c(COc2ccc(N)cc2)s1. The third-order valence-corrected chi connectivity index (χ3v) is 3.76. The van der Waals surface area contributed by atoms with E-state index < -0.39 is 0 Å². The topological polar surface area (TPSA) is 48.1 Å². The lowest BCUT2D eigenvalue weighted by molar-refractivity contribution is 0.309. The quantitative estimate of drug-likeness (QED) is 0.845. The predicted molar refractivity (Wildman–Crippen MR) is 71.4 cm³/mol. The van der Waals surface area contributed by atoms with E-state index in [0.717, 1.165) is 23.6 Å². The molecule has 0 spiro atoms. The van der Waals surface area contributed by atoms with Gasteiger partial charge in [-0.05, 0) is 37.6 Å². The van der Waals surface area contributed by atoms with Gasteiger partial charge < -0.3 is 10.5 Å². The third-order valence-electron chi connectivity index (χ3n) is 2.49. The number of hydrogen-bond donors (Lipinski definition) is 1. The van der Waals surface area contributed by atoms with E-state index in [2.05, 4.69) is 11.9 Å². The molecule has 0 radical (unpaired) electrons. The fourth-order valence-corrected chi connectivity index (χ4v) is 2.41. The van der Waals surface area contributed by atoms with E-state index in [1.54, 1.807) is 11.3 Å². The first kappa shape index (κ1) is 11.9. The Morgan fingerprint density at radius 1 is 1.29 bits per heavy atom. The van der Waals surface area contributed by atoms with Crippen molar-refractivity contribution in [1.82, 2.24) is 4.98 Å². The van der Waals surface area contributed by atoms with E-state index in [1.807, 2.05) is 31.2 Å². The molecule has 0 unspecified atom stereocenters. The summed E-state index contributed by atoms with van der Waals surface area (Å²) in [6.07, 6.45) is 0.980. The normalized spacial score (nSPS) is 10.5. The molecule has 17 heavy (non-hydrogen) atoms. The highest BCUT2D eigenvalue weighted by Gasteiger charge is 2.06. The number of ether oxygens (including phenoxy) is 1. The van der Waals surface area contributed by atoms with Gasteiger partial charge in [-0.25, -0.2) is 4.98 Å². The van der Waals surface area contributed by atoms with Crippen LogP contribution in [0, 0.1) is 6.92 Å². The van der Waals surface area contributed by atoms with Gasteiger partial charge in [0.05, 0.1) is 15.6 Å². The maximum absolute atomic E-state index is 5.70. The van der Waals surface area contributed by atoms with Crippen LogP contribution >= 0.6 is 11.3 Å². The molecule has 3 nitrogen and oxygen atoms in total. The van der Waals surface area contributed by atoms with Crippen LogP contribution in [0.5, 0.6) is 5.75 Å². The lowest BCUT2D eigenvalue weighted by Crippen LogP contribution is -1.95. The monoisotopic (exact) mass is 248 g/mol. The molecule has 2 rings (SSSR count). The van der Waals surface area contributed by atoms with Crippen LogP contribution < -0.4 is 10.5 Å². The second-order valence-corrected chi connectivity index (χ2v) is 5.00. The minimum absolute atomic E-state index is 0.577. The van der Waals surface area contributed by atoms with E-state index in [-0.39, 0.29) is 0 Å². The van der Waals surface area contributed by atoms with E-state index in [1.165, 1.54) is 9.88 Å². The number of benzene rings is 1. The van der Waals surface area contributed by atoms with Crippen molar-refractivity contribution in [3.8, 4) is 5.75 Å². The Hall–Kier alpha value is -1.55. The zero-order valence-corrected chi connectivity index (χ0v) is 10.9. The summed E-state index contributed by atoms with van der Waals surface area (Å²) in [6, 6.07) is 7.44. The summed E-state index contributed by atoms with van der Waals surface area (Å²) < 4.78 is 5.70. The van der Waals surface area contributed by atoms with Crippen LogP contribution in [0.15, 0.2) is 24.3 Å². The molecule has 0 aliphatic carbocycles. The van der Waals surface area contributed by atoms with Gasteiger partial charge in [-0.1, -0.05) is 6.92 Å². The third kappa shape index (κ3) is 2.97. The van der Waals surface area contributed by atoms with Gasteiger partial charge >= 0.3 is 0 Å². The second-order valence-electron chi connectivity index (χ2n) is 3.83. The van der Waals surface area contributed by atoms with Crippen LogP contribution in [0.4, 0.5) is 5.69 Å². The van der Waals surface area contributed by atoms with Crippen LogP contribution in [-0.2, 0) is 13.0 Å². The zero-order valence-electron chi connectivity index (χ0n) is 10.1. The Kier molecular flexibility index (Phi) is 3.64. The number of anilines is 1. The lowest BCUT2D eigenvalue weighted by atomic mass is 10.3. The standard InChI is InChI=1S/C13H16N2OS/c1-3-13-15-9(2)12(17-13)8-16-11-6-4-10(14)5-7-11/h4-7H,3,8,14H2,1-2H3. The second kappa shape index (κ2) is 5.19. The summed E-state index contributed by atoms with van der Waals surface area (Å²) in [7, 11) is 0. The van der Waals surface area contributed by atoms with Crippen LogP contribution in [0.1, 0.15) is 22.5 Å². The van der Waals surface area contributed by atoms with Crippen LogP contribution in [0.25, 0.3) is 0 Å². The molecular weight excluding hydrogens is 232 g/mol. The number of aromatic nitrogens is 1. The molecular formula is C13H16N2OS. The van der Waals surface area contributed by atoms with Crippen molar-refractivity contribution in [2.75, 3.05) is 5.73 Å². The molecule has 90 valence electrons. The number of hydrogen-bond acceptors (Lipinski definition) is 4. The molecule has 0 bridgehead atoms. The Morgan fingerprint density at radius 3 is 2.59 bits per heavy atom. The highest BCUT2D eigenvalue weighted by Crippen LogP contribution is 2.21. The zero-order chi connectivity index (χ0) is 12.3. The lowest BCUT2D eigenvalue weighted by Gasteiger charge is -2.04. The molecule has 0 saturated carbocycles. The minimum atomic E-state index is 0.577. The van der Waals surface area contributed by atoms with Gasteiger partial charge in [0.25, 0.3) is 0 Å². The Bertz CT molecular complexity index is 491. The summed E-state index contributed by atoms with van der Waals surface area (Å²) >= 11 is 1.72. The Balaban J connectivity index is 2.01. The van der Waals surface area contributed by atoms with Gasteiger partial charge in [0.15, 0.2) is 0 Å². The highest BCUT2D eigenvalue weighted by molar-refractivity contribution is 7.11. The first-order valence-corrected chi connectivity index (χ1v) is 6.44. The molecule has 1 heterocycles. The van der Waals surface area contributed by atoms with Crippen molar-refractivity contribution in [3.05, 3.63) is 39.8 Å². The number of nitrogen functional groups attached to an aromatic ring is 1. The maximum Gasteiger partial charge on any atom is 0.124 e. The summed E-state index contributed by atoms with van der Waals surface area (Å²) in [5, 5.41) is 1.17. The molecule has 0 aliphatic rings. The minimum Gasteiger partial charge on any atom is -0.488 e. The highest BCUT2D eigenvalue weighted by atomic mass is 32.1. The van der Waals surface area contributed by atoms with E-state index >= 15 is 0 Å². The van der Waals surface area contributed by atoms with E-state index in [4.69, 9.17) is 10.5 Å². The molecule has 0 saturated heterocycles. The van der Waals surface area contributed by atoms with Crippen molar-refractivity contribution in [1.29, 1.82) is 0 Å². The molecule has 0 amide bonds. The summed E-state index contributed by atoms with van der Waals surface area (Å²) in [5.74, 6) is 0.838. The molecule has 1 aromatic heterocycles. The van der Waals surface area contributed by atoms with Crippen LogP contribution in [0.3, 0.4) is 0 Å². The Morgan fingerprint density at radius 2 is 2.00 bits per heavy atom. The van der Waals surface area contributed by atoms with Crippen molar-refractivity contribution < 1.29 is 4.74 Å². The van der Waals surface area contributed by atoms with Crippen LogP contribution in [0.2, 0.25) is 0 Å². The van der Waals surface area contributed by atoms with Gasteiger partial charge in [-0.15, -0.1) is 11.3 Å². The van der Waals surface area contributed by atoms with Gasteiger partial charge in [0, 0.05) is 5.69 Å². The average Bonchev–Trinajstić information content (AvgIpc) is 2.69. The van der Waals surface area contributed by atoms with Gasteiger partial charge in [0.1, 0.15) is 12.4 Å². The molecule has 2 aromatic rings. The van der Waals surface area contributed by atoms with Crippen molar-refractivity contribution in [3.63, 3.8) is 0 Å². The largest absolute Gasteiger partial charge is 0.488 e. The first-order chi connectivity index (χ1) is 8.19. The van der Waals surface area contributed by atoms with E-state index in [0.29, 0.717) is 6.61 Å². The van der Waals surface area contributed by atoms with E-state index in [9.17, 15) is 0 Å². The van der Waals surface area contributed by atoms with Crippen molar-refractivity contribution >= 4 is 17.0 Å². The number of nitrogens with zero attached hydrogens (tertiary/aromatic N) is 1. The fourth-order valence-electron chi connectivity index (χ4n) is 1.49. The molecule has 0 fully saturated rings. The summed E-state index contributed by atoms with van der Waals surface area (Å²) in [5.41, 5.74) is 7.44. The molecule has 0 atom stereocenters. The first-order valence-electron chi connectivity index (χ1n) is 5.62. The number of thiazole rings is 1. The Labute approximate surface area is 105 Å². The fraction of sp³-hybridized carbons (Fsp3) is 0.308. The average molecular weight is 248 g/mol. The van der Waals surface area contributed by atoms with Crippen LogP contribution in [-0.4, -0.2) is 4.98 Å². The summed E-state index contributed by atoms with van der Waals surface area (Å²) in [6.45, 7) is 4.72. The van der Waals surface area contributed by atoms with Gasteiger partial charge in [-0.3, -0.25) is 0 Å². The smallest absolute Gasteiger partial charge is 0.124 e. The van der Waals surface area contributed by atoms with Gasteiger partial charge in [0.2, 0.25) is 0 Å². The maximum atomic E-state index is 5.70. The molecule has 0 aliphatic heterocycles. The molecule has 1 aromatic carbocycles. The van der Waals surface area contributed by atoms with Gasteiger partial charge in [-0.2, -0.15) is 0 Å². The van der Waals surface area contributed by atoms with Crippen molar-refractivity contribution in [2.45, 2.75) is 26.9 Å². The summed E-state index contributed by atoms with van der Waals surface area (Å²) in [4.78, 5) is 5.67. The number of rotatable bonds is 4. The molecule has 2 N–H and O–H groups in total. The predicted octanol–water partition coefficient (Wildman–Crippen LogP) is 3.18. The molecule has 4 heteroatoms. The number of nitrogens with two attached hydrogens (primary N) is 1. The van der Waals surface area contributed by atoms with Crippen molar-refractivity contribution in [2.24, 2.45) is 0 Å².